The Bertz CT molecular complexity index is 571. The van der Waals surface area contributed by atoms with Crippen molar-refractivity contribution in [2.75, 3.05) is 19.6 Å². The fourth-order valence-corrected chi connectivity index (χ4v) is 2.55. The van der Waals surface area contributed by atoms with Crippen LogP contribution in [0.1, 0.15) is 29.8 Å². The lowest BCUT2D eigenvalue weighted by atomic mass is 10.1. The average Bonchev–Trinajstić information content (AvgIpc) is 2.99. The van der Waals surface area contributed by atoms with Crippen LogP contribution in [-0.4, -0.2) is 35.5 Å². The largest absolute Gasteiger partial charge is 0.352 e. The molecule has 0 spiro atoms. The molecule has 2 aromatic rings. The maximum Gasteiger partial charge on any atom is 0.214 e. The van der Waals surface area contributed by atoms with Crippen LogP contribution in [-0.2, 0) is 0 Å². The number of aromatic nitrogens is 1. The van der Waals surface area contributed by atoms with Crippen LogP contribution in [0.15, 0.2) is 40.9 Å². The molecule has 3 rings (SSSR count). The number of carbonyl (C=O) groups is 1. The topological polar surface area (TPSA) is 46.3 Å². The minimum Gasteiger partial charge on any atom is -0.352 e. The molecular weight excluding hydrogens is 252 g/mol. The minimum atomic E-state index is 0.0154. The smallest absolute Gasteiger partial charge is 0.214 e. The fourth-order valence-electron chi connectivity index (χ4n) is 2.55. The van der Waals surface area contributed by atoms with Gasteiger partial charge < -0.3 is 4.52 Å². The Morgan fingerprint density at radius 2 is 1.90 bits per heavy atom. The van der Waals surface area contributed by atoms with Gasteiger partial charge in [0.1, 0.15) is 5.69 Å². The molecule has 4 nitrogen and oxygen atoms in total. The summed E-state index contributed by atoms with van der Waals surface area (Å²) in [5.41, 5.74) is 1.68. The molecule has 0 radical (unpaired) electrons. The van der Waals surface area contributed by atoms with Crippen molar-refractivity contribution >= 4 is 5.78 Å². The summed E-state index contributed by atoms with van der Waals surface area (Å²) in [5, 5.41) is 3.99. The zero-order valence-electron chi connectivity index (χ0n) is 11.4. The van der Waals surface area contributed by atoms with Crippen LogP contribution in [0.2, 0.25) is 0 Å². The first kappa shape index (κ1) is 13.1. The molecule has 1 aromatic carbocycles. The highest BCUT2D eigenvalue weighted by atomic mass is 16.5. The summed E-state index contributed by atoms with van der Waals surface area (Å²) < 4.78 is 5.20. The van der Waals surface area contributed by atoms with Crippen LogP contribution in [0, 0.1) is 0 Å². The maximum atomic E-state index is 12.2. The summed E-state index contributed by atoms with van der Waals surface area (Å²) >= 11 is 0. The molecule has 0 atom stereocenters. The normalized spacial score (nSPS) is 16.2. The monoisotopic (exact) mass is 270 g/mol. The molecule has 104 valence electrons. The van der Waals surface area contributed by atoms with E-state index in [1.807, 2.05) is 30.3 Å². The lowest BCUT2D eigenvalue weighted by Crippen LogP contribution is -2.34. The van der Waals surface area contributed by atoms with Gasteiger partial charge in [0, 0.05) is 11.6 Å². The summed E-state index contributed by atoms with van der Waals surface area (Å²) in [5.74, 6) is 0.371. The number of carbonyl (C=O) groups excluding carboxylic acids is 1. The third kappa shape index (κ3) is 2.96. The number of rotatable bonds is 4. The zero-order valence-corrected chi connectivity index (χ0v) is 11.4. The van der Waals surface area contributed by atoms with Crippen LogP contribution in [0.4, 0.5) is 0 Å². The van der Waals surface area contributed by atoms with Crippen molar-refractivity contribution < 1.29 is 9.32 Å². The third-order valence-corrected chi connectivity index (χ3v) is 3.67. The number of Topliss-reactive ketones (excluding diaryl/α,β-unsaturated/α-hetero) is 1. The van der Waals surface area contributed by atoms with Crippen LogP contribution in [0.5, 0.6) is 0 Å². The summed E-state index contributed by atoms with van der Waals surface area (Å²) in [6.07, 6.45) is 3.63. The Morgan fingerprint density at radius 1 is 1.15 bits per heavy atom. The van der Waals surface area contributed by atoms with Crippen molar-refractivity contribution in [2.24, 2.45) is 0 Å². The Kier molecular flexibility index (Phi) is 3.92. The Labute approximate surface area is 118 Å². The fraction of sp³-hybridized carbons (Fsp3) is 0.375. The SMILES string of the molecule is O=C(CN1CCCCC1)c1cc(-c2ccccc2)no1. The van der Waals surface area contributed by atoms with E-state index in [0.29, 0.717) is 18.0 Å². The second-order valence-electron chi connectivity index (χ2n) is 5.20. The second kappa shape index (κ2) is 6.01. The summed E-state index contributed by atoms with van der Waals surface area (Å²) in [6.45, 7) is 2.44. The van der Waals surface area contributed by atoms with E-state index in [1.54, 1.807) is 6.07 Å². The van der Waals surface area contributed by atoms with Crippen LogP contribution >= 0.6 is 0 Å². The Morgan fingerprint density at radius 3 is 2.65 bits per heavy atom. The summed E-state index contributed by atoms with van der Waals surface area (Å²) in [4.78, 5) is 14.4. The molecule has 1 aromatic heterocycles. The number of likely N-dealkylation sites (tertiary alicyclic amines) is 1. The first-order chi connectivity index (χ1) is 9.83. The predicted molar refractivity (Wildman–Crippen MR) is 76.6 cm³/mol. The van der Waals surface area contributed by atoms with Crippen molar-refractivity contribution in [2.45, 2.75) is 19.3 Å². The number of ketones is 1. The van der Waals surface area contributed by atoms with Gasteiger partial charge in [0.2, 0.25) is 11.5 Å². The van der Waals surface area contributed by atoms with Crippen molar-refractivity contribution in [1.29, 1.82) is 0 Å². The second-order valence-corrected chi connectivity index (χ2v) is 5.20. The highest BCUT2D eigenvalue weighted by Crippen LogP contribution is 2.19. The molecule has 0 aliphatic carbocycles. The van der Waals surface area contributed by atoms with Gasteiger partial charge in [0.25, 0.3) is 0 Å². The average molecular weight is 270 g/mol. The molecule has 1 aliphatic rings. The van der Waals surface area contributed by atoms with Gasteiger partial charge in [-0.25, -0.2) is 0 Å². The molecule has 0 bridgehead atoms. The van der Waals surface area contributed by atoms with E-state index in [9.17, 15) is 4.79 Å². The molecule has 0 saturated carbocycles. The molecule has 4 heteroatoms. The van der Waals surface area contributed by atoms with E-state index in [2.05, 4.69) is 10.1 Å². The molecule has 20 heavy (non-hydrogen) atoms. The van der Waals surface area contributed by atoms with E-state index in [4.69, 9.17) is 4.52 Å². The number of hydrogen-bond donors (Lipinski definition) is 0. The molecule has 1 aliphatic heterocycles. The van der Waals surface area contributed by atoms with Gasteiger partial charge in [0.05, 0.1) is 6.54 Å². The molecule has 1 fully saturated rings. The van der Waals surface area contributed by atoms with Gasteiger partial charge in [-0.3, -0.25) is 9.69 Å². The van der Waals surface area contributed by atoms with E-state index in [1.165, 1.54) is 19.3 Å². The van der Waals surface area contributed by atoms with Gasteiger partial charge in [-0.15, -0.1) is 0 Å². The minimum absolute atomic E-state index is 0.0154. The van der Waals surface area contributed by atoms with Crippen LogP contribution in [0.25, 0.3) is 11.3 Å². The zero-order chi connectivity index (χ0) is 13.8. The highest BCUT2D eigenvalue weighted by Gasteiger charge is 2.18. The van der Waals surface area contributed by atoms with E-state index >= 15 is 0 Å². The van der Waals surface area contributed by atoms with Gasteiger partial charge >= 0.3 is 0 Å². The van der Waals surface area contributed by atoms with E-state index in [0.717, 1.165) is 18.7 Å². The van der Waals surface area contributed by atoms with Gasteiger partial charge in [-0.2, -0.15) is 0 Å². The maximum absolute atomic E-state index is 12.2. The molecule has 1 saturated heterocycles. The quantitative estimate of drug-likeness (QED) is 0.801. The Hall–Kier alpha value is -1.94. The van der Waals surface area contributed by atoms with Gasteiger partial charge in [0.15, 0.2) is 0 Å². The molecule has 0 unspecified atom stereocenters. The van der Waals surface area contributed by atoms with Crippen LogP contribution in [0.3, 0.4) is 0 Å². The number of nitrogens with zero attached hydrogens (tertiary/aromatic N) is 2. The van der Waals surface area contributed by atoms with Crippen molar-refractivity contribution in [3.63, 3.8) is 0 Å². The van der Waals surface area contributed by atoms with E-state index < -0.39 is 0 Å². The van der Waals surface area contributed by atoms with E-state index in [-0.39, 0.29) is 5.78 Å². The summed E-state index contributed by atoms with van der Waals surface area (Å²) in [6, 6.07) is 11.5. The third-order valence-electron chi connectivity index (χ3n) is 3.67. The van der Waals surface area contributed by atoms with Crippen molar-refractivity contribution in [3.8, 4) is 11.3 Å². The lowest BCUT2D eigenvalue weighted by Gasteiger charge is -2.24. The molecular formula is C16H18N2O2. The first-order valence-electron chi connectivity index (χ1n) is 7.10. The molecule has 2 heterocycles. The number of hydrogen-bond acceptors (Lipinski definition) is 4. The molecule has 0 N–H and O–H groups in total. The Balaban J connectivity index is 1.68. The lowest BCUT2D eigenvalue weighted by molar-refractivity contribution is 0.0879. The molecule has 0 amide bonds. The predicted octanol–water partition coefficient (Wildman–Crippen LogP) is 3.01. The number of benzene rings is 1. The number of piperidine rings is 1. The van der Waals surface area contributed by atoms with Gasteiger partial charge in [-0.05, 0) is 25.9 Å². The standard InChI is InChI=1S/C16H18N2O2/c19-15(12-18-9-5-2-6-10-18)16-11-14(17-20-16)13-7-3-1-4-8-13/h1,3-4,7-8,11H,2,5-6,9-10,12H2. The van der Waals surface area contributed by atoms with Crippen molar-refractivity contribution in [3.05, 3.63) is 42.2 Å². The van der Waals surface area contributed by atoms with Crippen LogP contribution < -0.4 is 0 Å². The summed E-state index contributed by atoms with van der Waals surface area (Å²) in [7, 11) is 0. The van der Waals surface area contributed by atoms with Crippen molar-refractivity contribution in [1.82, 2.24) is 10.1 Å². The first-order valence-corrected chi connectivity index (χ1v) is 7.10. The van der Waals surface area contributed by atoms with Gasteiger partial charge in [-0.1, -0.05) is 41.9 Å². The highest BCUT2D eigenvalue weighted by molar-refractivity contribution is 5.95.